The molecule has 1 aromatic heterocycles. The fourth-order valence-electron chi connectivity index (χ4n) is 0.889. The van der Waals surface area contributed by atoms with Gasteiger partial charge < -0.3 is 5.32 Å². The molecular formula is C9H10N3O2. The van der Waals surface area contributed by atoms with Gasteiger partial charge in [-0.25, -0.2) is 0 Å². The minimum absolute atomic E-state index is 0.0337. The first-order chi connectivity index (χ1) is 6.70. The maximum atomic E-state index is 11.3. The van der Waals surface area contributed by atoms with Crippen molar-refractivity contribution in [3.8, 4) is 0 Å². The molecule has 5 heteroatoms. The van der Waals surface area contributed by atoms with Gasteiger partial charge in [-0.05, 0) is 12.1 Å². The lowest BCUT2D eigenvalue weighted by Gasteiger charge is -2.01. The summed E-state index contributed by atoms with van der Waals surface area (Å²) in [4.78, 5) is 25.4. The highest BCUT2D eigenvalue weighted by atomic mass is 16.2. The number of pyridine rings is 1. The van der Waals surface area contributed by atoms with Crippen LogP contribution in [0.4, 0.5) is 0 Å². The molecule has 0 unspecified atom stereocenters. The number of hydrogen-bond donors (Lipinski definition) is 1. The van der Waals surface area contributed by atoms with Gasteiger partial charge in [0.1, 0.15) is 0 Å². The Labute approximate surface area is 81.3 Å². The van der Waals surface area contributed by atoms with Crippen molar-refractivity contribution < 1.29 is 9.59 Å². The van der Waals surface area contributed by atoms with Crippen molar-refractivity contribution in [1.82, 2.24) is 16.0 Å². The van der Waals surface area contributed by atoms with Crippen LogP contribution in [0.15, 0.2) is 24.5 Å². The van der Waals surface area contributed by atoms with Crippen molar-refractivity contribution in [3.05, 3.63) is 30.1 Å². The number of carbonyl (C=O) groups excluding carboxylic acids is 2. The Bertz CT molecular complexity index is 324. The summed E-state index contributed by atoms with van der Waals surface area (Å²) >= 11 is 0. The molecule has 0 fully saturated rings. The van der Waals surface area contributed by atoms with Crippen molar-refractivity contribution in [2.45, 2.75) is 6.42 Å². The van der Waals surface area contributed by atoms with E-state index in [1.807, 2.05) is 0 Å². The zero-order valence-corrected chi connectivity index (χ0v) is 7.49. The molecule has 0 aromatic carbocycles. The largest absolute Gasteiger partial charge is 0.351 e. The van der Waals surface area contributed by atoms with Crippen LogP contribution < -0.4 is 11.1 Å². The third-order valence-corrected chi connectivity index (χ3v) is 1.56. The lowest BCUT2D eigenvalue weighted by atomic mass is 10.2. The average molecular weight is 192 g/mol. The second-order valence-corrected chi connectivity index (χ2v) is 2.67. The number of rotatable bonds is 4. The molecule has 0 saturated heterocycles. The van der Waals surface area contributed by atoms with Crippen molar-refractivity contribution in [2.75, 3.05) is 6.54 Å². The molecule has 14 heavy (non-hydrogen) atoms. The summed E-state index contributed by atoms with van der Waals surface area (Å²) in [5.74, 6) is -0.962. The van der Waals surface area contributed by atoms with Crippen LogP contribution in [-0.4, -0.2) is 23.3 Å². The Morgan fingerprint density at radius 2 is 2.29 bits per heavy atom. The number of nitrogens with zero attached hydrogens (tertiary/aromatic N) is 1. The van der Waals surface area contributed by atoms with Crippen LogP contribution in [-0.2, 0) is 4.79 Å². The van der Waals surface area contributed by atoms with E-state index < -0.39 is 5.91 Å². The van der Waals surface area contributed by atoms with Crippen LogP contribution in [0.25, 0.3) is 0 Å². The van der Waals surface area contributed by atoms with Gasteiger partial charge in [-0.3, -0.25) is 20.3 Å². The fraction of sp³-hybridized carbons (Fsp3) is 0.222. The quantitative estimate of drug-likeness (QED) is 0.729. The third-order valence-electron chi connectivity index (χ3n) is 1.56. The molecule has 0 aliphatic carbocycles. The van der Waals surface area contributed by atoms with E-state index in [1.165, 1.54) is 6.20 Å². The molecule has 1 rings (SSSR count). The Hall–Kier alpha value is -1.91. The molecule has 1 radical (unpaired) electrons. The zero-order chi connectivity index (χ0) is 10.4. The number of hydrogen-bond acceptors (Lipinski definition) is 3. The van der Waals surface area contributed by atoms with Crippen LogP contribution >= 0.6 is 0 Å². The number of amides is 2. The van der Waals surface area contributed by atoms with E-state index in [1.54, 1.807) is 18.3 Å². The maximum Gasteiger partial charge on any atom is 0.252 e. The molecule has 1 heterocycles. The topological polar surface area (TPSA) is 82.9 Å². The fourth-order valence-corrected chi connectivity index (χ4v) is 0.889. The van der Waals surface area contributed by atoms with E-state index in [0.29, 0.717) is 5.56 Å². The van der Waals surface area contributed by atoms with E-state index in [2.05, 4.69) is 10.3 Å². The maximum absolute atomic E-state index is 11.3. The summed E-state index contributed by atoms with van der Waals surface area (Å²) in [5, 5.41) is 2.51. The van der Waals surface area contributed by atoms with Crippen LogP contribution in [0.5, 0.6) is 0 Å². The molecule has 2 N–H and O–H groups in total. The number of aromatic nitrogens is 1. The molecule has 0 saturated carbocycles. The first-order valence-electron chi connectivity index (χ1n) is 4.13. The Morgan fingerprint density at radius 3 is 2.86 bits per heavy atom. The molecule has 0 atom stereocenters. The van der Waals surface area contributed by atoms with E-state index in [0.717, 1.165) is 0 Å². The summed E-state index contributed by atoms with van der Waals surface area (Å²) in [6, 6.07) is 3.29. The predicted octanol–water partition coefficient (Wildman–Crippen LogP) is 0.0110. The van der Waals surface area contributed by atoms with E-state index >= 15 is 0 Å². The number of carbonyl (C=O) groups is 2. The average Bonchev–Trinajstić information content (AvgIpc) is 2.18. The first kappa shape index (κ1) is 10.2. The van der Waals surface area contributed by atoms with Gasteiger partial charge in [-0.1, -0.05) is 0 Å². The van der Waals surface area contributed by atoms with Crippen LogP contribution in [0.1, 0.15) is 16.8 Å². The van der Waals surface area contributed by atoms with Crippen molar-refractivity contribution in [3.63, 3.8) is 0 Å². The van der Waals surface area contributed by atoms with Crippen molar-refractivity contribution >= 4 is 11.8 Å². The normalized spacial score (nSPS) is 9.43. The third kappa shape index (κ3) is 3.22. The van der Waals surface area contributed by atoms with E-state index in [-0.39, 0.29) is 18.9 Å². The zero-order valence-electron chi connectivity index (χ0n) is 7.49. The van der Waals surface area contributed by atoms with Crippen LogP contribution in [0.2, 0.25) is 0 Å². The van der Waals surface area contributed by atoms with E-state index in [4.69, 9.17) is 5.73 Å². The molecule has 0 aliphatic rings. The molecule has 0 spiro atoms. The van der Waals surface area contributed by atoms with Gasteiger partial charge in [-0.15, -0.1) is 0 Å². The minimum Gasteiger partial charge on any atom is -0.351 e. The molecule has 5 nitrogen and oxygen atoms in total. The second-order valence-electron chi connectivity index (χ2n) is 2.67. The predicted molar refractivity (Wildman–Crippen MR) is 49.3 cm³/mol. The molecule has 73 valence electrons. The molecule has 1 aromatic rings. The smallest absolute Gasteiger partial charge is 0.252 e. The first-order valence-corrected chi connectivity index (χ1v) is 4.13. The monoisotopic (exact) mass is 192 g/mol. The van der Waals surface area contributed by atoms with Gasteiger partial charge in [0.2, 0.25) is 5.91 Å². The second kappa shape index (κ2) is 4.96. The summed E-state index contributed by atoms with van der Waals surface area (Å²) in [6.07, 6.45) is 3.05. The Morgan fingerprint density at radius 1 is 1.50 bits per heavy atom. The molecule has 0 aliphatic heterocycles. The highest BCUT2D eigenvalue weighted by Gasteiger charge is 2.04. The van der Waals surface area contributed by atoms with Crippen LogP contribution in [0, 0.1) is 0 Å². The molecule has 2 amide bonds. The van der Waals surface area contributed by atoms with Gasteiger partial charge in [0.25, 0.3) is 5.91 Å². The lowest BCUT2D eigenvalue weighted by Crippen LogP contribution is -2.26. The van der Waals surface area contributed by atoms with Gasteiger partial charge >= 0.3 is 0 Å². The van der Waals surface area contributed by atoms with Gasteiger partial charge in [-0.2, -0.15) is 0 Å². The van der Waals surface area contributed by atoms with Gasteiger partial charge in [0.15, 0.2) is 0 Å². The summed E-state index contributed by atoms with van der Waals surface area (Å²) in [5.41, 5.74) is 7.07. The summed E-state index contributed by atoms with van der Waals surface area (Å²) < 4.78 is 0. The Balaban J connectivity index is 2.40. The molecular weight excluding hydrogens is 182 g/mol. The SMILES string of the molecule is [NH]C(=O)CCNC(=O)c1cccnc1. The molecule has 0 bridgehead atoms. The number of nitrogens with one attached hydrogen (secondary N) is 2. The highest BCUT2D eigenvalue weighted by molar-refractivity contribution is 5.93. The van der Waals surface area contributed by atoms with E-state index in [9.17, 15) is 9.59 Å². The Kier molecular flexibility index (Phi) is 3.60. The van der Waals surface area contributed by atoms with Crippen molar-refractivity contribution in [2.24, 2.45) is 0 Å². The standard InChI is InChI=1S/C9H10N3O2/c10-8(13)3-5-12-9(14)7-2-1-4-11-6-7/h1-2,4,6,10H,3,5H2,(H,12,14). The lowest BCUT2D eigenvalue weighted by molar-refractivity contribution is -0.118. The van der Waals surface area contributed by atoms with Crippen molar-refractivity contribution in [1.29, 1.82) is 0 Å². The minimum atomic E-state index is -0.684. The van der Waals surface area contributed by atoms with Gasteiger partial charge in [0.05, 0.1) is 5.56 Å². The summed E-state index contributed by atoms with van der Waals surface area (Å²) in [7, 11) is 0. The summed E-state index contributed by atoms with van der Waals surface area (Å²) in [6.45, 7) is 0.191. The van der Waals surface area contributed by atoms with Crippen LogP contribution in [0.3, 0.4) is 0 Å². The highest BCUT2D eigenvalue weighted by Crippen LogP contribution is 1.94. The van der Waals surface area contributed by atoms with Gasteiger partial charge in [0, 0.05) is 25.4 Å².